The molecule has 0 aliphatic carbocycles. The minimum absolute atomic E-state index is 0.207. The van der Waals surface area contributed by atoms with Gasteiger partial charge in [-0.3, -0.25) is 4.79 Å². The van der Waals surface area contributed by atoms with Crippen LogP contribution in [0.2, 0.25) is 10.0 Å². The van der Waals surface area contributed by atoms with Crippen molar-refractivity contribution in [3.63, 3.8) is 0 Å². The fourth-order valence-corrected chi connectivity index (χ4v) is 1.41. The van der Waals surface area contributed by atoms with Crippen LogP contribution in [0.25, 0.3) is 6.08 Å². The normalized spacial score (nSPS) is 10.7. The molecular formula is C10H9Cl2NO. The molecule has 0 saturated heterocycles. The van der Waals surface area contributed by atoms with E-state index in [1.807, 2.05) is 0 Å². The number of carbonyl (C=O) groups excluding carboxylic acids is 1. The number of hydrogen-bond acceptors (Lipinski definition) is 1. The summed E-state index contributed by atoms with van der Waals surface area (Å²) in [5.74, 6) is -0.369. The van der Waals surface area contributed by atoms with Crippen LogP contribution in [0.5, 0.6) is 0 Å². The van der Waals surface area contributed by atoms with Gasteiger partial charge in [0.2, 0.25) is 5.91 Å². The van der Waals surface area contributed by atoms with Crippen molar-refractivity contribution in [1.82, 2.24) is 0 Å². The molecule has 0 atom stereocenters. The highest BCUT2D eigenvalue weighted by atomic mass is 35.5. The molecule has 4 heteroatoms. The summed E-state index contributed by atoms with van der Waals surface area (Å²) in [6, 6.07) is 5.16. The Kier molecular flexibility index (Phi) is 3.98. The van der Waals surface area contributed by atoms with Crippen molar-refractivity contribution < 1.29 is 4.79 Å². The summed E-state index contributed by atoms with van der Waals surface area (Å²) in [5, 5.41) is 1.14. The first-order valence-electron chi connectivity index (χ1n) is 3.99. The van der Waals surface area contributed by atoms with Gasteiger partial charge in [0.15, 0.2) is 0 Å². The number of halogens is 2. The maximum atomic E-state index is 10.4. The van der Waals surface area contributed by atoms with E-state index in [4.69, 9.17) is 28.9 Å². The van der Waals surface area contributed by atoms with Gasteiger partial charge in [0.05, 0.1) is 0 Å². The average Bonchev–Trinajstić information content (AvgIpc) is 2.08. The number of benzene rings is 1. The van der Waals surface area contributed by atoms with Crippen LogP contribution in [0.1, 0.15) is 12.0 Å². The third kappa shape index (κ3) is 3.40. The molecule has 0 spiro atoms. The van der Waals surface area contributed by atoms with Crippen LogP contribution in [0, 0.1) is 0 Å². The van der Waals surface area contributed by atoms with Crippen molar-refractivity contribution >= 4 is 35.2 Å². The first-order chi connectivity index (χ1) is 6.59. The second-order valence-electron chi connectivity index (χ2n) is 2.74. The smallest absolute Gasteiger partial charge is 0.221 e. The van der Waals surface area contributed by atoms with Crippen LogP contribution >= 0.6 is 23.2 Å². The van der Waals surface area contributed by atoms with Gasteiger partial charge in [-0.15, -0.1) is 0 Å². The zero-order valence-electron chi connectivity index (χ0n) is 7.34. The summed E-state index contributed by atoms with van der Waals surface area (Å²) < 4.78 is 0. The lowest BCUT2D eigenvalue weighted by Crippen LogP contribution is -2.07. The molecule has 1 amide bonds. The molecule has 0 bridgehead atoms. The van der Waals surface area contributed by atoms with Crippen molar-refractivity contribution in [2.24, 2.45) is 5.73 Å². The van der Waals surface area contributed by atoms with Crippen LogP contribution in [-0.2, 0) is 4.79 Å². The maximum absolute atomic E-state index is 10.4. The Morgan fingerprint density at radius 3 is 2.71 bits per heavy atom. The third-order valence-electron chi connectivity index (χ3n) is 1.58. The molecule has 14 heavy (non-hydrogen) atoms. The Balaban J connectivity index is 2.76. The van der Waals surface area contributed by atoms with Crippen molar-refractivity contribution in [2.75, 3.05) is 0 Å². The summed E-state index contributed by atoms with van der Waals surface area (Å²) in [4.78, 5) is 10.4. The molecule has 0 aliphatic rings. The fraction of sp³-hybridized carbons (Fsp3) is 0.100. The monoisotopic (exact) mass is 229 g/mol. The number of primary amides is 1. The van der Waals surface area contributed by atoms with Crippen molar-refractivity contribution in [1.29, 1.82) is 0 Å². The zero-order valence-corrected chi connectivity index (χ0v) is 8.85. The molecule has 0 unspecified atom stereocenters. The van der Waals surface area contributed by atoms with E-state index in [1.54, 1.807) is 30.4 Å². The Morgan fingerprint density at radius 2 is 2.14 bits per heavy atom. The van der Waals surface area contributed by atoms with Crippen molar-refractivity contribution in [3.8, 4) is 0 Å². The van der Waals surface area contributed by atoms with Crippen molar-refractivity contribution in [3.05, 3.63) is 39.9 Å². The van der Waals surface area contributed by atoms with E-state index < -0.39 is 0 Å². The number of rotatable bonds is 3. The number of hydrogen-bond donors (Lipinski definition) is 1. The Bertz CT molecular complexity index is 374. The van der Waals surface area contributed by atoms with Gasteiger partial charge >= 0.3 is 0 Å². The summed E-state index contributed by atoms with van der Waals surface area (Å²) >= 11 is 11.6. The zero-order chi connectivity index (χ0) is 10.6. The summed E-state index contributed by atoms with van der Waals surface area (Å²) in [6.07, 6.45) is 3.61. The molecule has 2 N–H and O–H groups in total. The van der Waals surface area contributed by atoms with Gasteiger partial charge in [0, 0.05) is 16.5 Å². The minimum atomic E-state index is -0.369. The van der Waals surface area contributed by atoms with Crippen LogP contribution in [-0.4, -0.2) is 5.91 Å². The molecule has 0 aliphatic heterocycles. The average molecular weight is 230 g/mol. The highest BCUT2D eigenvalue weighted by Gasteiger charge is 1.97. The largest absolute Gasteiger partial charge is 0.369 e. The van der Waals surface area contributed by atoms with Gasteiger partial charge in [-0.25, -0.2) is 0 Å². The molecule has 74 valence electrons. The Hall–Kier alpha value is -0.990. The van der Waals surface area contributed by atoms with Gasteiger partial charge in [0.25, 0.3) is 0 Å². The number of carbonyl (C=O) groups is 1. The minimum Gasteiger partial charge on any atom is -0.369 e. The summed E-state index contributed by atoms with van der Waals surface area (Å²) in [6.45, 7) is 0. The van der Waals surface area contributed by atoms with E-state index in [0.717, 1.165) is 5.56 Å². The molecule has 1 aromatic rings. The van der Waals surface area contributed by atoms with E-state index in [2.05, 4.69) is 0 Å². The molecule has 0 heterocycles. The van der Waals surface area contributed by atoms with Crippen LogP contribution < -0.4 is 5.73 Å². The lowest BCUT2D eigenvalue weighted by molar-refractivity contribution is -0.117. The first kappa shape index (κ1) is 11.1. The molecule has 0 radical (unpaired) electrons. The lowest BCUT2D eigenvalue weighted by Gasteiger charge is -1.97. The first-order valence-corrected chi connectivity index (χ1v) is 4.75. The molecule has 0 fully saturated rings. The molecule has 1 aromatic carbocycles. The number of amides is 1. The molecule has 1 rings (SSSR count). The summed E-state index contributed by atoms with van der Waals surface area (Å²) in [7, 11) is 0. The third-order valence-corrected chi connectivity index (χ3v) is 2.14. The Labute approximate surface area is 92.3 Å². The fourth-order valence-electron chi connectivity index (χ4n) is 0.939. The molecule has 0 saturated carbocycles. The van der Waals surface area contributed by atoms with E-state index >= 15 is 0 Å². The van der Waals surface area contributed by atoms with Crippen molar-refractivity contribution in [2.45, 2.75) is 6.42 Å². The molecule has 0 aromatic heterocycles. The molecule has 2 nitrogen and oxygen atoms in total. The van der Waals surface area contributed by atoms with Crippen LogP contribution in [0.3, 0.4) is 0 Å². The number of nitrogens with two attached hydrogens (primary N) is 1. The van der Waals surface area contributed by atoms with Gasteiger partial charge in [-0.2, -0.15) is 0 Å². The predicted octanol–water partition coefficient (Wildman–Crippen LogP) is 2.88. The van der Waals surface area contributed by atoms with Gasteiger partial charge in [-0.05, 0) is 17.7 Å². The van der Waals surface area contributed by atoms with Gasteiger partial charge < -0.3 is 5.73 Å². The van der Waals surface area contributed by atoms with Gasteiger partial charge in [-0.1, -0.05) is 41.4 Å². The van der Waals surface area contributed by atoms with E-state index in [-0.39, 0.29) is 12.3 Å². The second-order valence-corrected chi connectivity index (χ2v) is 3.58. The summed E-state index contributed by atoms with van der Waals surface area (Å²) in [5.41, 5.74) is 5.79. The highest BCUT2D eigenvalue weighted by molar-refractivity contribution is 6.35. The van der Waals surface area contributed by atoms with E-state index in [9.17, 15) is 4.79 Å². The second kappa shape index (κ2) is 5.03. The Morgan fingerprint density at radius 1 is 1.43 bits per heavy atom. The van der Waals surface area contributed by atoms with Gasteiger partial charge in [0.1, 0.15) is 0 Å². The molecular weight excluding hydrogens is 221 g/mol. The SMILES string of the molecule is NC(=O)CC=Cc1ccc(Cl)cc1Cl. The quantitative estimate of drug-likeness (QED) is 0.852. The van der Waals surface area contributed by atoms with Crippen LogP contribution in [0.4, 0.5) is 0 Å². The van der Waals surface area contributed by atoms with Crippen LogP contribution in [0.15, 0.2) is 24.3 Å². The van der Waals surface area contributed by atoms with E-state index in [0.29, 0.717) is 10.0 Å². The maximum Gasteiger partial charge on any atom is 0.221 e. The standard InChI is InChI=1S/C10H9Cl2NO/c11-8-5-4-7(9(12)6-8)2-1-3-10(13)14/h1-2,4-6H,3H2,(H2,13,14). The topological polar surface area (TPSA) is 43.1 Å². The lowest BCUT2D eigenvalue weighted by atomic mass is 10.2. The van der Waals surface area contributed by atoms with E-state index in [1.165, 1.54) is 0 Å². The predicted molar refractivity (Wildman–Crippen MR) is 59.3 cm³/mol. The highest BCUT2D eigenvalue weighted by Crippen LogP contribution is 2.21.